The van der Waals surface area contributed by atoms with Crippen LogP contribution in [0.4, 0.5) is 0 Å². The molecule has 4 rings (SSSR count). The zero-order valence-corrected chi connectivity index (χ0v) is 15.2. The lowest BCUT2D eigenvalue weighted by atomic mass is 10.1. The number of nitrogens with one attached hydrogen (secondary N) is 1. The largest absolute Gasteiger partial charge is 0.353 e. The van der Waals surface area contributed by atoms with Crippen LogP contribution in [0.15, 0.2) is 6.20 Å². The van der Waals surface area contributed by atoms with Crippen LogP contribution in [0.1, 0.15) is 59.9 Å². The van der Waals surface area contributed by atoms with E-state index in [-0.39, 0.29) is 18.4 Å². The number of carbonyl (C=O) groups is 2. The average Bonchev–Trinajstić information content (AvgIpc) is 3.39. The Morgan fingerprint density at radius 2 is 2.00 bits per heavy atom. The molecule has 3 heterocycles. The second-order valence-electron chi connectivity index (χ2n) is 7.59. The number of aryl methyl sites for hydroxylation is 1. The highest BCUT2D eigenvalue weighted by molar-refractivity contribution is 5.97. The molecule has 3 aliphatic rings. The van der Waals surface area contributed by atoms with Gasteiger partial charge in [0, 0.05) is 31.7 Å². The second kappa shape index (κ2) is 7.70. The summed E-state index contributed by atoms with van der Waals surface area (Å²) in [6.45, 7) is 4.49. The number of hydrogen-bond acceptors (Lipinski definition) is 5. The van der Waals surface area contributed by atoms with Gasteiger partial charge in [0.15, 0.2) is 0 Å². The molecule has 7 heteroatoms. The van der Waals surface area contributed by atoms with Gasteiger partial charge in [0.1, 0.15) is 5.82 Å². The summed E-state index contributed by atoms with van der Waals surface area (Å²) in [6.07, 6.45) is 8.08. The lowest BCUT2D eigenvalue weighted by Gasteiger charge is -2.21. The van der Waals surface area contributed by atoms with Crippen molar-refractivity contribution < 1.29 is 9.59 Å². The normalized spacial score (nSPS) is 20.8. The summed E-state index contributed by atoms with van der Waals surface area (Å²) in [6, 6.07) is 0. The van der Waals surface area contributed by atoms with Crippen LogP contribution in [0, 0.1) is 0 Å². The minimum absolute atomic E-state index is 0.0866. The van der Waals surface area contributed by atoms with Gasteiger partial charge in [0.2, 0.25) is 5.91 Å². The summed E-state index contributed by atoms with van der Waals surface area (Å²) < 4.78 is 0. The van der Waals surface area contributed by atoms with Gasteiger partial charge < -0.3 is 15.1 Å². The first-order valence-electron chi connectivity index (χ1n) is 9.85. The van der Waals surface area contributed by atoms with E-state index in [2.05, 4.69) is 20.2 Å². The van der Waals surface area contributed by atoms with E-state index in [1.54, 1.807) is 11.1 Å². The fraction of sp³-hybridized carbons (Fsp3) is 0.684. The van der Waals surface area contributed by atoms with E-state index >= 15 is 0 Å². The monoisotopic (exact) mass is 357 g/mol. The van der Waals surface area contributed by atoms with Crippen LogP contribution in [-0.4, -0.2) is 70.9 Å². The molecule has 0 atom stereocenters. The molecule has 1 aromatic heterocycles. The SMILES string of the molecule is O=C(CN1CCCc2nc(C3CC3)ncc2C1=O)NCCN1CCCC1. The molecule has 1 saturated carbocycles. The fourth-order valence-electron chi connectivity index (χ4n) is 3.79. The van der Waals surface area contributed by atoms with Crippen LogP contribution in [0.2, 0.25) is 0 Å². The number of amides is 2. The first-order chi connectivity index (χ1) is 12.7. The molecule has 1 aromatic rings. The first kappa shape index (κ1) is 17.4. The maximum Gasteiger partial charge on any atom is 0.257 e. The van der Waals surface area contributed by atoms with Crippen LogP contribution < -0.4 is 5.32 Å². The van der Waals surface area contributed by atoms with Gasteiger partial charge in [0.05, 0.1) is 17.8 Å². The van der Waals surface area contributed by atoms with Crippen molar-refractivity contribution in [1.82, 2.24) is 25.1 Å². The molecule has 2 fully saturated rings. The van der Waals surface area contributed by atoms with E-state index in [0.717, 1.165) is 56.8 Å². The first-order valence-corrected chi connectivity index (χ1v) is 9.85. The Kier molecular flexibility index (Phi) is 5.15. The summed E-state index contributed by atoms with van der Waals surface area (Å²) in [5, 5.41) is 2.95. The third-order valence-corrected chi connectivity index (χ3v) is 5.47. The van der Waals surface area contributed by atoms with Crippen molar-refractivity contribution in [3.63, 3.8) is 0 Å². The lowest BCUT2D eigenvalue weighted by Crippen LogP contribution is -2.42. The zero-order valence-electron chi connectivity index (χ0n) is 15.2. The van der Waals surface area contributed by atoms with Gasteiger partial charge in [0.25, 0.3) is 5.91 Å². The molecule has 2 aliphatic heterocycles. The maximum absolute atomic E-state index is 12.8. The van der Waals surface area contributed by atoms with E-state index in [1.807, 2.05) is 0 Å². The van der Waals surface area contributed by atoms with E-state index in [1.165, 1.54) is 12.8 Å². The highest BCUT2D eigenvalue weighted by Crippen LogP contribution is 2.38. The van der Waals surface area contributed by atoms with Crippen molar-refractivity contribution in [2.45, 2.75) is 44.4 Å². The number of carbonyl (C=O) groups excluding carboxylic acids is 2. The molecule has 1 N–H and O–H groups in total. The molecule has 0 unspecified atom stereocenters. The molecule has 2 amide bonds. The van der Waals surface area contributed by atoms with E-state index < -0.39 is 0 Å². The fourth-order valence-corrected chi connectivity index (χ4v) is 3.79. The molecular weight excluding hydrogens is 330 g/mol. The highest BCUT2D eigenvalue weighted by atomic mass is 16.2. The minimum Gasteiger partial charge on any atom is -0.353 e. The lowest BCUT2D eigenvalue weighted by molar-refractivity contribution is -0.121. The molecule has 7 nitrogen and oxygen atoms in total. The van der Waals surface area contributed by atoms with Crippen LogP contribution in [0.25, 0.3) is 0 Å². The molecular formula is C19H27N5O2. The summed E-state index contributed by atoms with van der Waals surface area (Å²) in [4.78, 5) is 38.1. The molecule has 1 saturated heterocycles. The summed E-state index contributed by atoms with van der Waals surface area (Å²) in [5.74, 6) is 1.16. The summed E-state index contributed by atoms with van der Waals surface area (Å²) in [5.41, 5.74) is 1.42. The average molecular weight is 357 g/mol. The molecule has 1 aliphatic carbocycles. The highest BCUT2D eigenvalue weighted by Gasteiger charge is 2.30. The molecule has 26 heavy (non-hydrogen) atoms. The van der Waals surface area contributed by atoms with Crippen molar-refractivity contribution >= 4 is 11.8 Å². The predicted molar refractivity (Wildman–Crippen MR) is 96.9 cm³/mol. The van der Waals surface area contributed by atoms with Gasteiger partial charge in [-0.05, 0) is 51.6 Å². The molecule has 0 spiro atoms. The van der Waals surface area contributed by atoms with Crippen LogP contribution in [0.3, 0.4) is 0 Å². The summed E-state index contributed by atoms with van der Waals surface area (Å²) >= 11 is 0. The Morgan fingerprint density at radius 3 is 2.77 bits per heavy atom. The van der Waals surface area contributed by atoms with Gasteiger partial charge in [-0.1, -0.05) is 0 Å². The molecule has 0 aromatic carbocycles. The quantitative estimate of drug-likeness (QED) is 0.820. The third-order valence-electron chi connectivity index (χ3n) is 5.47. The van der Waals surface area contributed by atoms with Gasteiger partial charge in [-0.25, -0.2) is 9.97 Å². The predicted octanol–water partition coefficient (Wildman–Crippen LogP) is 0.954. The van der Waals surface area contributed by atoms with Gasteiger partial charge in [-0.2, -0.15) is 0 Å². The molecule has 0 bridgehead atoms. The number of rotatable bonds is 6. The number of likely N-dealkylation sites (tertiary alicyclic amines) is 1. The van der Waals surface area contributed by atoms with Crippen LogP contribution in [-0.2, 0) is 11.2 Å². The van der Waals surface area contributed by atoms with Crippen molar-refractivity contribution in [1.29, 1.82) is 0 Å². The number of hydrogen-bond donors (Lipinski definition) is 1. The van der Waals surface area contributed by atoms with E-state index in [9.17, 15) is 9.59 Å². The zero-order chi connectivity index (χ0) is 17.9. The van der Waals surface area contributed by atoms with Crippen molar-refractivity contribution in [3.05, 3.63) is 23.3 Å². The topological polar surface area (TPSA) is 78.4 Å². The third kappa shape index (κ3) is 4.03. The van der Waals surface area contributed by atoms with E-state index in [0.29, 0.717) is 24.6 Å². The Morgan fingerprint density at radius 1 is 1.19 bits per heavy atom. The smallest absolute Gasteiger partial charge is 0.257 e. The Hall–Kier alpha value is -2.02. The summed E-state index contributed by atoms with van der Waals surface area (Å²) in [7, 11) is 0. The Labute approximate surface area is 154 Å². The van der Waals surface area contributed by atoms with Gasteiger partial charge in [-0.3, -0.25) is 9.59 Å². The molecule has 140 valence electrons. The van der Waals surface area contributed by atoms with Crippen molar-refractivity contribution in [2.24, 2.45) is 0 Å². The van der Waals surface area contributed by atoms with Crippen LogP contribution >= 0.6 is 0 Å². The number of aromatic nitrogens is 2. The second-order valence-corrected chi connectivity index (χ2v) is 7.59. The van der Waals surface area contributed by atoms with Gasteiger partial charge >= 0.3 is 0 Å². The maximum atomic E-state index is 12.8. The van der Waals surface area contributed by atoms with Crippen molar-refractivity contribution in [3.8, 4) is 0 Å². The van der Waals surface area contributed by atoms with Crippen LogP contribution in [0.5, 0.6) is 0 Å². The standard InChI is InChI=1S/C19H27N5O2/c25-17(20-7-11-23-8-1-2-9-23)13-24-10-3-4-16-15(19(24)26)12-21-18(22-16)14-5-6-14/h12,14H,1-11,13H2,(H,20,25). The van der Waals surface area contributed by atoms with Gasteiger partial charge in [-0.15, -0.1) is 0 Å². The van der Waals surface area contributed by atoms with E-state index in [4.69, 9.17) is 0 Å². The Bertz CT molecular complexity index is 683. The van der Waals surface area contributed by atoms with Crippen molar-refractivity contribution in [2.75, 3.05) is 39.3 Å². The Balaban J connectivity index is 1.33. The minimum atomic E-state index is -0.116. The molecule has 0 radical (unpaired) electrons. The number of nitrogens with zero attached hydrogens (tertiary/aromatic N) is 4. The number of fused-ring (bicyclic) bond motifs is 1.